The van der Waals surface area contributed by atoms with Crippen LogP contribution in [0.4, 0.5) is 5.69 Å². The molecular weight excluding hydrogens is 286 g/mol. The number of nitrogens with two attached hydrogens (primary N) is 1. The molecule has 0 saturated carbocycles. The second-order valence-electron chi connectivity index (χ2n) is 4.50. The van der Waals surface area contributed by atoms with E-state index < -0.39 is 10.0 Å². The summed E-state index contributed by atoms with van der Waals surface area (Å²) in [6.45, 7) is 0.265. The Bertz CT molecular complexity index is 765. The summed E-state index contributed by atoms with van der Waals surface area (Å²) in [5, 5.41) is 9.01. The number of benzene rings is 2. The molecule has 0 aliphatic heterocycles. The van der Waals surface area contributed by atoms with Crippen LogP contribution in [0.25, 0.3) is 0 Å². The lowest BCUT2D eigenvalue weighted by molar-refractivity contribution is 0.581. The van der Waals surface area contributed by atoms with Crippen molar-refractivity contribution >= 4 is 15.7 Å². The Morgan fingerprint density at radius 3 is 2.52 bits per heavy atom. The molecule has 0 saturated heterocycles. The van der Waals surface area contributed by atoms with Crippen LogP contribution in [0.15, 0.2) is 53.4 Å². The first kappa shape index (κ1) is 15.0. The smallest absolute Gasteiger partial charge is 0.241 e. The number of nitrogens with zero attached hydrogens (tertiary/aromatic N) is 1. The molecule has 0 spiro atoms. The van der Waals surface area contributed by atoms with E-state index in [1.807, 2.05) is 36.4 Å². The Balaban J connectivity index is 2.11. The van der Waals surface area contributed by atoms with Crippen molar-refractivity contribution in [2.75, 3.05) is 12.3 Å². The van der Waals surface area contributed by atoms with E-state index in [1.54, 1.807) is 0 Å². The number of anilines is 1. The zero-order valence-corrected chi connectivity index (χ0v) is 12.1. The fourth-order valence-electron chi connectivity index (χ4n) is 1.92. The number of sulfonamides is 1. The molecule has 21 heavy (non-hydrogen) atoms. The molecule has 0 bridgehead atoms. The van der Waals surface area contributed by atoms with Crippen LogP contribution in [0, 0.1) is 11.3 Å². The minimum Gasteiger partial charge on any atom is -0.399 e. The van der Waals surface area contributed by atoms with Crippen LogP contribution < -0.4 is 10.5 Å². The molecule has 108 valence electrons. The third-order valence-electron chi connectivity index (χ3n) is 2.96. The number of hydrogen-bond acceptors (Lipinski definition) is 4. The van der Waals surface area contributed by atoms with E-state index >= 15 is 0 Å². The highest BCUT2D eigenvalue weighted by Crippen LogP contribution is 2.17. The van der Waals surface area contributed by atoms with Gasteiger partial charge >= 0.3 is 0 Å². The Labute approximate surface area is 124 Å². The molecule has 0 heterocycles. The molecule has 0 aromatic heterocycles. The van der Waals surface area contributed by atoms with Gasteiger partial charge in [-0.1, -0.05) is 30.3 Å². The van der Waals surface area contributed by atoms with Crippen molar-refractivity contribution < 1.29 is 8.42 Å². The van der Waals surface area contributed by atoms with Gasteiger partial charge in [0.25, 0.3) is 0 Å². The monoisotopic (exact) mass is 301 g/mol. The van der Waals surface area contributed by atoms with Gasteiger partial charge in [-0.3, -0.25) is 0 Å². The van der Waals surface area contributed by atoms with Crippen molar-refractivity contribution in [3.05, 3.63) is 59.7 Å². The molecule has 0 aliphatic carbocycles. The maximum absolute atomic E-state index is 12.2. The summed E-state index contributed by atoms with van der Waals surface area (Å²) in [7, 11) is -3.72. The quantitative estimate of drug-likeness (QED) is 0.821. The van der Waals surface area contributed by atoms with Crippen molar-refractivity contribution in [2.24, 2.45) is 0 Å². The van der Waals surface area contributed by atoms with Gasteiger partial charge in [0.05, 0.1) is 10.5 Å². The minimum atomic E-state index is -3.72. The fourth-order valence-corrected chi connectivity index (χ4v) is 3.09. The van der Waals surface area contributed by atoms with Crippen LogP contribution in [0.3, 0.4) is 0 Å². The van der Waals surface area contributed by atoms with Gasteiger partial charge in [0.2, 0.25) is 10.0 Å². The third kappa shape index (κ3) is 3.81. The van der Waals surface area contributed by atoms with Gasteiger partial charge in [-0.15, -0.1) is 0 Å². The molecule has 2 rings (SSSR count). The highest BCUT2D eigenvalue weighted by Gasteiger charge is 2.18. The second kappa shape index (κ2) is 6.39. The SMILES string of the molecule is N#Cc1cc(N)ccc1S(=O)(=O)NCCc1ccccc1. The first-order chi connectivity index (χ1) is 10.0. The molecule has 3 N–H and O–H groups in total. The molecule has 0 fully saturated rings. The van der Waals surface area contributed by atoms with Gasteiger partial charge in [-0.05, 0) is 30.2 Å². The van der Waals surface area contributed by atoms with Crippen LogP contribution in [-0.2, 0) is 16.4 Å². The lowest BCUT2D eigenvalue weighted by atomic mass is 10.2. The van der Waals surface area contributed by atoms with E-state index in [4.69, 9.17) is 11.0 Å². The van der Waals surface area contributed by atoms with Crippen molar-refractivity contribution in [2.45, 2.75) is 11.3 Å². The highest BCUT2D eigenvalue weighted by molar-refractivity contribution is 7.89. The van der Waals surface area contributed by atoms with Gasteiger partial charge in [0.1, 0.15) is 6.07 Å². The van der Waals surface area contributed by atoms with Gasteiger partial charge < -0.3 is 5.73 Å². The van der Waals surface area contributed by atoms with E-state index in [9.17, 15) is 8.42 Å². The minimum absolute atomic E-state index is 0.0437. The summed E-state index contributed by atoms with van der Waals surface area (Å²) in [6, 6.07) is 15.6. The number of nitrogens with one attached hydrogen (secondary N) is 1. The maximum Gasteiger partial charge on any atom is 0.241 e. The van der Waals surface area contributed by atoms with Crippen LogP contribution >= 0.6 is 0 Å². The standard InChI is InChI=1S/C15H15N3O2S/c16-11-13-10-14(17)6-7-15(13)21(19,20)18-9-8-12-4-2-1-3-5-12/h1-7,10,18H,8-9,17H2. The summed E-state index contributed by atoms with van der Waals surface area (Å²) in [5.41, 5.74) is 7.00. The zero-order valence-electron chi connectivity index (χ0n) is 11.3. The summed E-state index contributed by atoms with van der Waals surface area (Å²) in [6.07, 6.45) is 0.580. The molecule has 6 heteroatoms. The van der Waals surface area contributed by atoms with E-state index in [1.165, 1.54) is 18.2 Å². The highest BCUT2D eigenvalue weighted by atomic mass is 32.2. The van der Waals surface area contributed by atoms with Crippen LogP contribution in [0.5, 0.6) is 0 Å². The van der Waals surface area contributed by atoms with Crippen molar-refractivity contribution in [1.82, 2.24) is 4.72 Å². The third-order valence-corrected chi connectivity index (χ3v) is 4.48. The maximum atomic E-state index is 12.2. The average Bonchev–Trinajstić information content (AvgIpc) is 2.47. The zero-order chi connectivity index (χ0) is 15.3. The molecular formula is C15H15N3O2S. The first-order valence-corrected chi connectivity index (χ1v) is 7.84. The largest absolute Gasteiger partial charge is 0.399 e. The predicted molar refractivity (Wildman–Crippen MR) is 80.9 cm³/mol. The molecule has 5 nitrogen and oxygen atoms in total. The lowest BCUT2D eigenvalue weighted by Crippen LogP contribution is -2.26. The molecule has 0 atom stereocenters. The average molecular weight is 301 g/mol. The number of rotatable bonds is 5. The Kier molecular flexibility index (Phi) is 4.58. The number of nitriles is 1. The van der Waals surface area contributed by atoms with Crippen molar-refractivity contribution in [3.8, 4) is 6.07 Å². The van der Waals surface area contributed by atoms with Gasteiger partial charge in [-0.25, -0.2) is 13.1 Å². The van der Waals surface area contributed by atoms with Crippen molar-refractivity contribution in [3.63, 3.8) is 0 Å². The van der Waals surface area contributed by atoms with E-state index in [0.717, 1.165) is 5.56 Å². The normalized spacial score (nSPS) is 11.0. The Morgan fingerprint density at radius 2 is 1.86 bits per heavy atom. The topological polar surface area (TPSA) is 96.0 Å². The van der Waals surface area contributed by atoms with E-state index in [0.29, 0.717) is 12.1 Å². The van der Waals surface area contributed by atoms with Gasteiger partial charge in [0.15, 0.2) is 0 Å². The lowest BCUT2D eigenvalue weighted by Gasteiger charge is -2.08. The number of nitrogen functional groups attached to an aromatic ring is 1. The molecule has 0 unspecified atom stereocenters. The molecule has 2 aromatic rings. The fraction of sp³-hybridized carbons (Fsp3) is 0.133. The van der Waals surface area contributed by atoms with Crippen LogP contribution in [-0.4, -0.2) is 15.0 Å². The predicted octanol–water partition coefficient (Wildman–Crippen LogP) is 1.66. The summed E-state index contributed by atoms with van der Waals surface area (Å²) in [5.74, 6) is 0. The van der Waals surface area contributed by atoms with Crippen LogP contribution in [0.1, 0.15) is 11.1 Å². The van der Waals surface area contributed by atoms with Crippen LogP contribution in [0.2, 0.25) is 0 Å². The number of hydrogen-bond donors (Lipinski definition) is 2. The van der Waals surface area contributed by atoms with Gasteiger partial charge in [-0.2, -0.15) is 5.26 Å². The first-order valence-electron chi connectivity index (χ1n) is 6.36. The summed E-state index contributed by atoms with van der Waals surface area (Å²) in [4.78, 5) is -0.0488. The molecule has 0 radical (unpaired) electrons. The Hall–Kier alpha value is -2.36. The molecule has 0 aliphatic rings. The Morgan fingerprint density at radius 1 is 1.14 bits per heavy atom. The van der Waals surface area contributed by atoms with E-state index in [-0.39, 0.29) is 17.0 Å². The van der Waals surface area contributed by atoms with E-state index in [2.05, 4.69) is 4.72 Å². The van der Waals surface area contributed by atoms with Gasteiger partial charge in [0, 0.05) is 12.2 Å². The van der Waals surface area contributed by atoms with Crippen molar-refractivity contribution in [1.29, 1.82) is 5.26 Å². The summed E-state index contributed by atoms with van der Waals surface area (Å²) >= 11 is 0. The second-order valence-corrected chi connectivity index (χ2v) is 6.24. The molecule has 0 amide bonds. The molecule has 2 aromatic carbocycles. The summed E-state index contributed by atoms with van der Waals surface area (Å²) < 4.78 is 26.9.